The zero-order chi connectivity index (χ0) is 35.6. The van der Waals surface area contributed by atoms with Gasteiger partial charge in [-0.2, -0.15) is 0 Å². The second-order valence-corrected chi connectivity index (χ2v) is 14.5. The Morgan fingerprint density at radius 1 is 0.412 bits per heavy atom. The van der Waals surface area contributed by atoms with Gasteiger partial charge in [0.25, 0.3) is 33.4 Å². The van der Waals surface area contributed by atoms with Crippen molar-refractivity contribution in [3.05, 3.63) is 98.5 Å². The molecule has 9 aromatic rings. The van der Waals surface area contributed by atoms with Gasteiger partial charge in [-0.05, 0) is 93.0 Å². The summed E-state index contributed by atoms with van der Waals surface area (Å²) in [7, 11) is 0. The van der Waals surface area contributed by atoms with Crippen molar-refractivity contribution in [2.75, 3.05) is 0 Å². The Morgan fingerprint density at radius 2 is 0.725 bits per heavy atom. The number of benzene rings is 6. The monoisotopic (exact) mass is 679 g/mol. The molecule has 3 aromatic heterocycles. The first-order valence-corrected chi connectivity index (χ1v) is 18.3. The second-order valence-electron chi connectivity index (χ2n) is 14.5. The molecule has 6 aromatic carbocycles. The summed E-state index contributed by atoms with van der Waals surface area (Å²) in [6.07, 6.45) is 5.92. The van der Waals surface area contributed by atoms with Gasteiger partial charge in [0.1, 0.15) is 0 Å². The van der Waals surface area contributed by atoms with E-state index < -0.39 is 22.2 Å². The van der Waals surface area contributed by atoms with Crippen LogP contribution in [0.4, 0.5) is 0 Å². The summed E-state index contributed by atoms with van der Waals surface area (Å²) in [5, 5.41) is 7.87. The standard InChI is InChI=1S/C42H37N3O6/c1-5-9-19(10-6-2)44-39(48)23-15-13-21-22-14-16-24-30-28(42(51)45(40(24)49)20(11-7-3)12-8-4)18-26-34(32(22)30)33-25(35-36(26)38(47)43-37(35)46)17-27(41(44)50)29(23)31(21)33/h13-20H,5-12H2,1-4H3,(H,43,46,47). The van der Waals surface area contributed by atoms with Gasteiger partial charge in [-0.25, -0.2) is 0 Å². The van der Waals surface area contributed by atoms with Gasteiger partial charge in [0.2, 0.25) is 0 Å². The molecule has 0 bridgehead atoms. The number of hydrogen-bond acceptors (Lipinski definition) is 6. The minimum Gasteiger partial charge on any atom is -0.288 e. The minimum atomic E-state index is -0.574. The first-order valence-electron chi connectivity index (χ1n) is 18.3. The second kappa shape index (κ2) is 11.0. The molecule has 0 unspecified atom stereocenters. The maximum Gasteiger partial charge on any atom is 0.261 e. The predicted molar refractivity (Wildman–Crippen MR) is 208 cm³/mol. The first-order chi connectivity index (χ1) is 24.7. The number of fused-ring (bicyclic) bond motifs is 4. The van der Waals surface area contributed by atoms with Gasteiger partial charge in [0, 0.05) is 44.4 Å². The summed E-state index contributed by atoms with van der Waals surface area (Å²) in [6, 6.07) is 10.2. The lowest BCUT2D eigenvalue weighted by molar-refractivity contribution is 0.410. The van der Waals surface area contributed by atoms with E-state index in [0.29, 0.717) is 90.3 Å². The molecule has 0 aliphatic rings. The minimum absolute atomic E-state index is 0.157. The molecule has 9 heteroatoms. The highest BCUT2D eigenvalue weighted by Gasteiger charge is 2.30. The van der Waals surface area contributed by atoms with E-state index in [-0.39, 0.29) is 34.0 Å². The molecule has 0 amide bonds. The van der Waals surface area contributed by atoms with E-state index in [1.165, 1.54) is 9.13 Å². The summed E-state index contributed by atoms with van der Waals surface area (Å²) in [5.41, 5.74) is -2.63. The molecule has 9 nitrogen and oxygen atoms in total. The van der Waals surface area contributed by atoms with Crippen molar-refractivity contribution in [1.82, 2.24) is 14.1 Å². The first kappa shape index (κ1) is 31.5. The highest BCUT2D eigenvalue weighted by atomic mass is 16.2. The molecular weight excluding hydrogens is 642 g/mol. The molecule has 256 valence electrons. The zero-order valence-electron chi connectivity index (χ0n) is 29.1. The number of pyridine rings is 2. The summed E-state index contributed by atoms with van der Waals surface area (Å²) in [6.45, 7) is 8.14. The van der Waals surface area contributed by atoms with Crippen LogP contribution in [0.5, 0.6) is 0 Å². The Balaban J connectivity index is 1.59. The molecule has 1 N–H and O–H groups in total. The third kappa shape index (κ3) is 3.86. The summed E-state index contributed by atoms with van der Waals surface area (Å²) < 4.78 is 2.80. The van der Waals surface area contributed by atoms with Crippen molar-refractivity contribution >= 4 is 86.2 Å². The summed E-state index contributed by atoms with van der Waals surface area (Å²) in [5.74, 6) is 0. The molecule has 0 aliphatic heterocycles. The van der Waals surface area contributed by atoms with E-state index in [2.05, 4.69) is 4.98 Å². The van der Waals surface area contributed by atoms with Crippen LogP contribution in [0, 0.1) is 0 Å². The SMILES string of the molecule is CCCC(CCC)n1c(=O)c2ccc3c4ccc5c(=O)n(C(CCC)CCC)c(=O)c6cc7c8c(=O)[nH]c(=O)c8c8cc(c1=O)c2c3c8c7c4c56. The van der Waals surface area contributed by atoms with Crippen LogP contribution in [0.25, 0.3) is 86.2 Å². The van der Waals surface area contributed by atoms with E-state index in [0.717, 1.165) is 36.5 Å². The predicted octanol–water partition coefficient (Wildman–Crippen LogP) is 7.48. The number of H-pyrrole nitrogens is 1. The van der Waals surface area contributed by atoms with Crippen molar-refractivity contribution in [2.45, 2.75) is 91.1 Å². The largest absolute Gasteiger partial charge is 0.288 e. The molecule has 0 fully saturated rings. The molecule has 51 heavy (non-hydrogen) atoms. The zero-order valence-corrected chi connectivity index (χ0v) is 29.1. The van der Waals surface area contributed by atoms with Gasteiger partial charge < -0.3 is 0 Å². The third-order valence-corrected chi connectivity index (χ3v) is 11.6. The Kier molecular flexibility index (Phi) is 6.82. The molecule has 0 radical (unpaired) electrons. The third-order valence-electron chi connectivity index (χ3n) is 11.6. The highest BCUT2D eigenvalue weighted by molar-refractivity contribution is 6.48. The van der Waals surface area contributed by atoms with Crippen LogP contribution >= 0.6 is 0 Å². The number of rotatable bonds is 10. The van der Waals surface area contributed by atoms with Gasteiger partial charge in [-0.15, -0.1) is 0 Å². The summed E-state index contributed by atoms with van der Waals surface area (Å²) >= 11 is 0. The fraction of sp³-hybridized carbons (Fsp3) is 0.333. The van der Waals surface area contributed by atoms with Crippen molar-refractivity contribution in [2.24, 2.45) is 0 Å². The van der Waals surface area contributed by atoms with Crippen LogP contribution in [-0.4, -0.2) is 14.1 Å². The van der Waals surface area contributed by atoms with Crippen LogP contribution in [-0.2, 0) is 0 Å². The van der Waals surface area contributed by atoms with E-state index in [9.17, 15) is 28.8 Å². The topological polar surface area (TPSA) is 128 Å². The van der Waals surface area contributed by atoms with Crippen molar-refractivity contribution < 1.29 is 0 Å². The Labute approximate surface area is 289 Å². The fourth-order valence-electron chi connectivity index (χ4n) is 9.66. The maximum absolute atomic E-state index is 14.5. The average molecular weight is 680 g/mol. The number of hydrogen-bond donors (Lipinski definition) is 1. The molecular formula is C42H37N3O6. The smallest absolute Gasteiger partial charge is 0.261 e. The van der Waals surface area contributed by atoms with Crippen LogP contribution in [0.3, 0.4) is 0 Å². The van der Waals surface area contributed by atoms with Crippen molar-refractivity contribution in [3.63, 3.8) is 0 Å². The average Bonchev–Trinajstić information content (AvgIpc) is 3.42. The number of nitrogens with one attached hydrogen (secondary N) is 1. The fourth-order valence-corrected chi connectivity index (χ4v) is 9.66. The Morgan fingerprint density at radius 3 is 1.08 bits per heavy atom. The molecule has 0 saturated heterocycles. The van der Waals surface area contributed by atoms with E-state index in [1.54, 1.807) is 24.3 Å². The quantitative estimate of drug-likeness (QED) is 0.118. The molecule has 3 heterocycles. The van der Waals surface area contributed by atoms with Gasteiger partial charge in [-0.1, -0.05) is 65.5 Å². The Bertz CT molecular complexity index is 3000. The number of nitrogens with zero attached hydrogens (tertiary/aromatic N) is 2. The van der Waals surface area contributed by atoms with Crippen LogP contribution in [0.15, 0.2) is 65.2 Å². The van der Waals surface area contributed by atoms with Crippen molar-refractivity contribution in [1.29, 1.82) is 0 Å². The number of aromatic nitrogens is 3. The van der Waals surface area contributed by atoms with E-state index in [1.807, 2.05) is 39.8 Å². The highest BCUT2D eigenvalue weighted by Crippen LogP contribution is 2.49. The van der Waals surface area contributed by atoms with Crippen molar-refractivity contribution in [3.8, 4) is 0 Å². The van der Waals surface area contributed by atoms with E-state index >= 15 is 0 Å². The van der Waals surface area contributed by atoms with Crippen LogP contribution in [0.1, 0.15) is 91.1 Å². The maximum atomic E-state index is 14.5. The van der Waals surface area contributed by atoms with Gasteiger partial charge in [-0.3, -0.25) is 42.9 Å². The Hall–Kier alpha value is -5.44. The lowest BCUT2D eigenvalue weighted by atomic mass is 9.81. The van der Waals surface area contributed by atoms with Gasteiger partial charge in [0.05, 0.1) is 10.8 Å². The van der Waals surface area contributed by atoms with Crippen LogP contribution < -0.4 is 33.4 Å². The van der Waals surface area contributed by atoms with E-state index in [4.69, 9.17) is 0 Å². The number of aromatic amines is 1. The lowest BCUT2D eigenvalue weighted by Gasteiger charge is -2.24. The molecule has 0 saturated carbocycles. The molecule has 0 atom stereocenters. The van der Waals surface area contributed by atoms with Crippen LogP contribution in [0.2, 0.25) is 0 Å². The normalized spacial score (nSPS) is 13.0. The van der Waals surface area contributed by atoms with Gasteiger partial charge >= 0.3 is 0 Å². The summed E-state index contributed by atoms with van der Waals surface area (Å²) in [4.78, 5) is 87.6. The molecule has 0 aliphatic carbocycles. The van der Waals surface area contributed by atoms with Gasteiger partial charge in [0.15, 0.2) is 0 Å². The lowest BCUT2D eigenvalue weighted by Crippen LogP contribution is -2.37. The molecule has 0 spiro atoms. The molecule has 9 rings (SSSR count).